The highest BCUT2D eigenvalue weighted by molar-refractivity contribution is 5.92. The van der Waals surface area contributed by atoms with Crippen molar-refractivity contribution in [3.63, 3.8) is 0 Å². The molecule has 0 fully saturated rings. The SMILES string of the molecule is CCCCCOc1cccc(C(=O)O)c1OCCCCC. The summed E-state index contributed by atoms with van der Waals surface area (Å²) < 4.78 is 11.4. The van der Waals surface area contributed by atoms with E-state index in [1.807, 2.05) is 0 Å². The summed E-state index contributed by atoms with van der Waals surface area (Å²) in [6, 6.07) is 5.02. The van der Waals surface area contributed by atoms with E-state index in [0.717, 1.165) is 38.5 Å². The molecule has 1 aromatic carbocycles. The van der Waals surface area contributed by atoms with Crippen LogP contribution in [0.25, 0.3) is 0 Å². The smallest absolute Gasteiger partial charge is 0.339 e. The first-order valence-electron chi connectivity index (χ1n) is 7.82. The molecule has 0 aliphatic rings. The highest BCUT2D eigenvalue weighted by Crippen LogP contribution is 2.32. The van der Waals surface area contributed by atoms with E-state index in [9.17, 15) is 9.90 Å². The molecule has 0 saturated carbocycles. The lowest BCUT2D eigenvalue weighted by Gasteiger charge is -2.14. The molecule has 1 N–H and O–H groups in total. The quantitative estimate of drug-likeness (QED) is 0.609. The molecule has 4 heteroatoms. The number of hydrogen-bond donors (Lipinski definition) is 1. The molecule has 0 amide bonds. The molecule has 0 unspecified atom stereocenters. The summed E-state index contributed by atoms with van der Waals surface area (Å²) in [7, 11) is 0. The van der Waals surface area contributed by atoms with Gasteiger partial charge in [0, 0.05) is 0 Å². The van der Waals surface area contributed by atoms with E-state index in [2.05, 4.69) is 13.8 Å². The standard InChI is InChI=1S/C17H26O4/c1-3-5-7-12-20-15-11-9-10-14(17(18)19)16(15)21-13-8-6-4-2/h9-11H,3-8,12-13H2,1-2H3,(H,18,19). The van der Waals surface area contributed by atoms with Gasteiger partial charge >= 0.3 is 5.97 Å². The molecule has 0 spiro atoms. The van der Waals surface area contributed by atoms with Crippen LogP contribution < -0.4 is 9.47 Å². The number of ether oxygens (including phenoxy) is 2. The minimum absolute atomic E-state index is 0.166. The maximum absolute atomic E-state index is 11.3. The molecule has 0 radical (unpaired) electrons. The Morgan fingerprint density at radius 2 is 1.62 bits per heavy atom. The number of carboxylic acids is 1. The summed E-state index contributed by atoms with van der Waals surface area (Å²) in [5.41, 5.74) is 0.166. The number of rotatable bonds is 11. The van der Waals surface area contributed by atoms with Crippen molar-refractivity contribution in [3.05, 3.63) is 23.8 Å². The van der Waals surface area contributed by atoms with Crippen LogP contribution in [0.1, 0.15) is 62.7 Å². The van der Waals surface area contributed by atoms with Gasteiger partial charge in [-0.25, -0.2) is 4.79 Å². The van der Waals surface area contributed by atoms with Crippen LogP contribution in [0.4, 0.5) is 0 Å². The maximum atomic E-state index is 11.3. The molecule has 0 aliphatic carbocycles. The second-order valence-corrected chi connectivity index (χ2v) is 5.05. The van der Waals surface area contributed by atoms with Crippen LogP contribution in [0, 0.1) is 0 Å². The summed E-state index contributed by atoms with van der Waals surface area (Å²) in [5, 5.41) is 9.27. The van der Waals surface area contributed by atoms with Crippen LogP contribution in [0.2, 0.25) is 0 Å². The van der Waals surface area contributed by atoms with Gasteiger partial charge in [0.15, 0.2) is 11.5 Å². The fraction of sp³-hybridized carbons (Fsp3) is 0.588. The average molecular weight is 294 g/mol. The van der Waals surface area contributed by atoms with Gasteiger partial charge in [-0.05, 0) is 25.0 Å². The van der Waals surface area contributed by atoms with E-state index in [1.165, 1.54) is 0 Å². The zero-order valence-corrected chi connectivity index (χ0v) is 13.1. The molecule has 0 saturated heterocycles. The third-order valence-corrected chi connectivity index (χ3v) is 3.21. The monoisotopic (exact) mass is 294 g/mol. The third kappa shape index (κ3) is 6.06. The first-order valence-corrected chi connectivity index (χ1v) is 7.82. The van der Waals surface area contributed by atoms with Crippen molar-refractivity contribution < 1.29 is 19.4 Å². The molecular weight excluding hydrogens is 268 g/mol. The third-order valence-electron chi connectivity index (χ3n) is 3.21. The van der Waals surface area contributed by atoms with Crippen molar-refractivity contribution >= 4 is 5.97 Å². The first-order chi connectivity index (χ1) is 10.2. The van der Waals surface area contributed by atoms with Crippen molar-refractivity contribution in [3.8, 4) is 11.5 Å². The molecule has 0 atom stereocenters. The number of unbranched alkanes of at least 4 members (excludes halogenated alkanes) is 4. The van der Waals surface area contributed by atoms with Crippen LogP contribution in [0.15, 0.2) is 18.2 Å². The van der Waals surface area contributed by atoms with Gasteiger partial charge in [-0.15, -0.1) is 0 Å². The van der Waals surface area contributed by atoms with Gasteiger partial charge in [0.05, 0.1) is 13.2 Å². The van der Waals surface area contributed by atoms with Crippen molar-refractivity contribution in [1.29, 1.82) is 0 Å². The average Bonchev–Trinajstić information content (AvgIpc) is 2.48. The Morgan fingerprint density at radius 1 is 1.00 bits per heavy atom. The van der Waals surface area contributed by atoms with Crippen LogP contribution in [-0.2, 0) is 0 Å². The predicted molar refractivity (Wildman–Crippen MR) is 83.4 cm³/mol. The molecule has 1 rings (SSSR count). The molecule has 0 aliphatic heterocycles. The Kier molecular flexibility index (Phi) is 8.32. The Balaban J connectivity index is 2.74. The van der Waals surface area contributed by atoms with Gasteiger partial charge in [0.2, 0.25) is 0 Å². The van der Waals surface area contributed by atoms with Crippen molar-refractivity contribution in [2.24, 2.45) is 0 Å². The van der Waals surface area contributed by atoms with Crippen molar-refractivity contribution in [2.45, 2.75) is 52.4 Å². The summed E-state index contributed by atoms with van der Waals surface area (Å²) >= 11 is 0. The Morgan fingerprint density at radius 3 is 2.19 bits per heavy atom. The largest absolute Gasteiger partial charge is 0.490 e. The molecule has 21 heavy (non-hydrogen) atoms. The van der Waals surface area contributed by atoms with E-state index in [0.29, 0.717) is 24.7 Å². The summed E-state index contributed by atoms with van der Waals surface area (Å²) in [5.74, 6) is -0.0976. The zero-order valence-electron chi connectivity index (χ0n) is 13.1. The van der Waals surface area contributed by atoms with Gasteiger partial charge in [-0.3, -0.25) is 0 Å². The number of aromatic carboxylic acids is 1. The van der Waals surface area contributed by atoms with Gasteiger partial charge in [0.1, 0.15) is 5.56 Å². The van der Waals surface area contributed by atoms with E-state index < -0.39 is 5.97 Å². The lowest BCUT2D eigenvalue weighted by atomic mass is 10.2. The highest BCUT2D eigenvalue weighted by atomic mass is 16.5. The van der Waals surface area contributed by atoms with E-state index >= 15 is 0 Å². The molecule has 1 aromatic rings. The Labute approximate surface area is 127 Å². The Hall–Kier alpha value is -1.71. The van der Waals surface area contributed by atoms with Crippen molar-refractivity contribution in [1.82, 2.24) is 0 Å². The lowest BCUT2D eigenvalue weighted by molar-refractivity contribution is 0.0691. The normalized spacial score (nSPS) is 10.4. The van der Waals surface area contributed by atoms with Crippen LogP contribution >= 0.6 is 0 Å². The first kappa shape index (κ1) is 17.3. The second-order valence-electron chi connectivity index (χ2n) is 5.05. The summed E-state index contributed by atoms with van der Waals surface area (Å²) in [6.45, 7) is 5.35. The summed E-state index contributed by atoms with van der Waals surface area (Å²) in [6.07, 6.45) is 6.28. The zero-order chi connectivity index (χ0) is 15.5. The Bertz CT molecular complexity index is 429. The lowest BCUT2D eigenvalue weighted by Crippen LogP contribution is -2.07. The van der Waals surface area contributed by atoms with Gasteiger partial charge < -0.3 is 14.6 Å². The summed E-state index contributed by atoms with van der Waals surface area (Å²) in [4.78, 5) is 11.3. The van der Waals surface area contributed by atoms with Crippen LogP contribution in [0.5, 0.6) is 11.5 Å². The maximum Gasteiger partial charge on any atom is 0.339 e. The van der Waals surface area contributed by atoms with E-state index in [1.54, 1.807) is 18.2 Å². The topological polar surface area (TPSA) is 55.8 Å². The molecule has 0 heterocycles. The molecular formula is C17H26O4. The van der Waals surface area contributed by atoms with Crippen LogP contribution in [-0.4, -0.2) is 24.3 Å². The minimum Gasteiger partial charge on any atom is -0.490 e. The van der Waals surface area contributed by atoms with Gasteiger partial charge in [-0.2, -0.15) is 0 Å². The molecule has 0 aromatic heterocycles. The van der Waals surface area contributed by atoms with Crippen LogP contribution in [0.3, 0.4) is 0 Å². The predicted octanol–water partition coefficient (Wildman–Crippen LogP) is 4.52. The number of benzene rings is 1. The fourth-order valence-corrected chi connectivity index (χ4v) is 2.01. The van der Waals surface area contributed by atoms with E-state index in [-0.39, 0.29) is 5.56 Å². The molecule has 4 nitrogen and oxygen atoms in total. The van der Waals surface area contributed by atoms with Gasteiger partial charge in [0.25, 0.3) is 0 Å². The number of para-hydroxylation sites is 1. The second kappa shape index (κ2) is 10.1. The number of hydrogen-bond acceptors (Lipinski definition) is 3. The molecule has 0 bridgehead atoms. The molecule has 118 valence electrons. The van der Waals surface area contributed by atoms with Crippen molar-refractivity contribution in [2.75, 3.05) is 13.2 Å². The fourth-order valence-electron chi connectivity index (χ4n) is 2.01. The number of carboxylic acid groups (broad SMARTS) is 1. The minimum atomic E-state index is -0.987. The van der Waals surface area contributed by atoms with Gasteiger partial charge in [-0.1, -0.05) is 45.6 Å². The highest BCUT2D eigenvalue weighted by Gasteiger charge is 2.16. The van der Waals surface area contributed by atoms with E-state index in [4.69, 9.17) is 9.47 Å². The number of carbonyl (C=O) groups is 1.